The number of hydrogen-bond acceptors (Lipinski definition) is 7. The van der Waals surface area contributed by atoms with Gasteiger partial charge in [-0.05, 0) is 61.4 Å². The second kappa shape index (κ2) is 13.6. The molecule has 1 saturated heterocycles. The molecule has 12 heteroatoms. The molecule has 1 atom stereocenters. The number of hydrogen-bond donors (Lipinski definition) is 0. The van der Waals surface area contributed by atoms with Crippen LogP contribution in [0, 0.1) is 31.0 Å². The number of aromatic nitrogens is 4. The van der Waals surface area contributed by atoms with Crippen molar-refractivity contribution in [3.8, 4) is 16.9 Å². The number of halogens is 2. The molecule has 4 aromatic rings. The topological polar surface area (TPSA) is 88.6 Å². The van der Waals surface area contributed by atoms with Gasteiger partial charge in [0.1, 0.15) is 17.3 Å². The van der Waals surface area contributed by atoms with Crippen molar-refractivity contribution in [2.75, 3.05) is 30.8 Å². The Kier molecular flexibility index (Phi) is 9.63. The summed E-state index contributed by atoms with van der Waals surface area (Å²) in [5.41, 5.74) is 1.03. The minimum absolute atomic E-state index is 0.00788. The number of carbonyl (C=O) groups excluding carboxylic acids is 1. The van der Waals surface area contributed by atoms with E-state index in [1.54, 1.807) is 46.5 Å². The predicted octanol–water partition coefficient (Wildman–Crippen LogP) is 5.99. The molecule has 1 aliphatic rings. The number of piperazine rings is 1. The van der Waals surface area contributed by atoms with Crippen LogP contribution in [0.15, 0.2) is 71.1 Å². The smallest absolute Gasteiger partial charge is 0.347 e. The molecule has 4 heterocycles. The molecule has 236 valence electrons. The summed E-state index contributed by atoms with van der Waals surface area (Å²) < 4.78 is 32.9. The first-order chi connectivity index (χ1) is 22.1. The number of fused-ring (bicyclic) bond motifs is 1. The van der Waals surface area contributed by atoms with E-state index < -0.39 is 23.4 Å². The van der Waals surface area contributed by atoms with E-state index >= 15 is 8.78 Å². The summed E-state index contributed by atoms with van der Waals surface area (Å²) >= 11 is 1.26. The Bertz CT molecular complexity index is 1970. The van der Waals surface area contributed by atoms with Crippen LogP contribution in [0.5, 0.6) is 0 Å². The van der Waals surface area contributed by atoms with Crippen molar-refractivity contribution in [2.45, 2.75) is 38.1 Å². The quantitative estimate of drug-likeness (QED) is 0.133. The van der Waals surface area contributed by atoms with Gasteiger partial charge >= 0.3 is 5.69 Å². The highest BCUT2D eigenvalue weighted by Gasteiger charge is 2.32. The van der Waals surface area contributed by atoms with E-state index in [-0.39, 0.29) is 59.6 Å². The number of carbonyl (C=O) groups is 1. The van der Waals surface area contributed by atoms with Crippen LogP contribution in [0.25, 0.3) is 32.8 Å². The van der Waals surface area contributed by atoms with E-state index in [0.717, 1.165) is 5.56 Å². The van der Waals surface area contributed by atoms with Gasteiger partial charge < -0.3 is 9.80 Å². The third kappa shape index (κ3) is 6.15. The van der Waals surface area contributed by atoms with Gasteiger partial charge in [0.2, 0.25) is 5.91 Å². The summed E-state index contributed by atoms with van der Waals surface area (Å²) in [7, 11) is 0. The summed E-state index contributed by atoms with van der Waals surface area (Å²) in [6, 6.07) is 6.93. The Morgan fingerprint density at radius 2 is 2.00 bits per heavy atom. The molecule has 0 aliphatic carbocycles. The van der Waals surface area contributed by atoms with Crippen LogP contribution in [0.2, 0.25) is 0 Å². The van der Waals surface area contributed by atoms with Crippen molar-refractivity contribution >= 4 is 34.5 Å². The van der Waals surface area contributed by atoms with Gasteiger partial charge in [0.05, 0.1) is 34.9 Å². The number of benzene rings is 1. The van der Waals surface area contributed by atoms with Crippen molar-refractivity contribution in [3.63, 3.8) is 0 Å². The Morgan fingerprint density at radius 1 is 1.22 bits per heavy atom. The number of anilines is 1. The maximum Gasteiger partial charge on any atom is 0.355 e. The summed E-state index contributed by atoms with van der Waals surface area (Å²) in [5, 5.41) is 0.214. The fourth-order valence-electron chi connectivity index (χ4n) is 5.76. The molecule has 1 aromatic carbocycles. The van der Waals surface area contributed by atoms with E-state index in [4.69, 9.17) is 11.6 Å². The summed E-state index contributed by atoms with van der Waals surface area (Å²) in [5.74, 6) is -1.36. The molecule has 1 amide bonds. The second-order valence-corrected chi connectivity index (χ2v) is 12.1. The second-order valence-electron chi connectivity index (χ2n) is 11.3. The molecule has 46 heavy (non-hydrogen) atoms. The minimum Gasteiger partial charge on any atom is -0.347 e. The molecule has 0 saturated carbocycles. The standard InChI is InChI=1S/C34H33F2N7O2S/c1-7-28(44)41-15-16-42(22(19-41)12-13-37-5)32-23-18-25(36)30(29-24(35)9-8-10-27(29)46-6)39-33(23)43(34(45)40-32)31-21(4)11-14-38-26(31)17-20(2)3/h7-14,18,20,22H,1,15-17,19H2,2-4,6H3/b13-12+. The highest BCUT2D eigenvalue weighted by atomic mass is 32.2. The molecule has 0 spiro atoms. The summed E-state index contributed by atoms with van der Waals surface area (Å²) in [6.45, 7) is 17.5. The lowest BCUT2D eigenvalue weighted by Gasteiger charge is -2.41. The number of rotatable bonds is 8. The van der Waals surface area contributed by atoms with E-state index in [1.165, 1.54) is 40.7 Å². The van der Waals surface area contributed by atoms with E-state index in [0.29, 0.717) is 22.7 Å². The van der Waals surface area contributed by atoms with Crippen molar-refractivity contribution in [2.24, 2.45) is 5.92 Å². The van der Waals surface area contributed by atoms with E-state index in [1.807, 2.05) is 20.8 Å². The summed E-state index contributed by atoms with van der Waals surface area (Å²) in [4.78, 5) is 47.6. The van der Waals surface area contributed by atoms with Gasteiger partial charge in [-0.2, -0.15) is 4.98 Å². The highest BCUT2D eigenvalue weighted by Crippen LogP contribution is 2.37. The van der Waals surface area contributed by atoms with Crippen molar-refractivity contribution < 1.29 is 13.6 Å². The third-order valence-electron chi connectivity index (χ3n) is 7.82. The molecule has 1 fully saturated rings. The Balaban J connectivity index is 1.86. The molecular formula is C34H33F2N7O2S. The average molecular weight is 642 g/mol. The zero-order valence-electron chi connectivity index (χ0n) is 26.0. The van der Waals surface area contributed by atoms with Crippen molar-refractivity contribution in [1.29, 1.82) is 0 Å². The average Bonchev–Trinajstić information content (AvgIpc) is 3.03. The van der Waals surface area contributed by atoms with Crippen LogP contribution in [-0.4, -0.2) is 62.3 Å². The van der Waals surface area contributed by atoms with Gasteiger partial charge in [-0.1, -0.05) is 32.6 Å². The van der Waals surface area contributed by atoms with Gasteiger partial charge in [-0.15, -0.1) is 11.8 Å². The number of thioether (sulfide) groups is 1. The monoisotopic (exact) mass is 641 g/mol. The number of aryl methyl sites for hydroxylation is 1. The van der Waals surface area contributed by atoms with Crippen LogP contribution in [0.1, 0.15) is 25.1 Å². The molecule has 3 aromatic heterocycles. The first-order valence-electron chi connectivity index (χ1n) is 14.7. The van der Waals surface area contributed by atoms with Gasteiger partial charge in [0.15, 0.2) is 17.7 Å². The van der Waals surface area contributed by atoms with Crippen LogP contribution < -0.4 is 10.6 Å². The normalized spacial score (nSPS) is 15.1. The fraction of sp³-hybridized carbons (Fsp3) is 0.294. The largest absolute Gasteiger partial charge is 0.355 e. The van der Waals surface area contributed by atoms with Crippen LogP contribution in [0.4, 0.5) is 14.6 Å². The Labute approximate surface area is 270 Å². The number of nitrogens with zero attached hydrogens (tertiary/aromatic N) is 7. The van der Waals surface area contributed by atoms with Crippen molar-refractivity contribution in [1.82, 2.24) is 24.4 Å². The lowest BCUT2D eigenvalue weighted by atomic mass is 10.0. The van der Waals surface area contributed by atoms with E-state index in [9.17, 15) is 9.59 Å². The molecule has 0 bridgehead atoms. The minimum atomic E-state index is -0.791. The van der Waals surface area contributed by atoms with Crippen LogP contribution in [-0.2, 0) is 11.2 Å². The predicted molar refractivity (Wildman–Crippen MR) is 177 cm³/mol. The fourth-order valence-corrected chi connectivity index (χ4v) is 6.38. The van der Waals surface area contributed by atoms with Gasteiger partial charge in [-0.3, -0.25) is 9.78 Å². The van der Waals surface area contributed by atoms with Crippen LogP contribution in [0.3, 0.4) is 0 Å². The van der Waals surface area contributed by atoms with Crippen molar-refractivity contribution in [3.05, 3.63) is 106 Å². The Hall–Kier alpha value is -4.89. The lowest BCUT2D eigenvalue weighted by Crippen LogP contribution is -2.54. The Morgan fingerprint density at radius 3 is 2.70 bits per heavy atom. The molecule has 0 N–H and O–H groups in total. The highest BCUT2D eigenvalue weighted by molar-refractivity contribution is 7.98. The lowest BCUT2D eigenvalue weighted by molar-refractivity contribution is -0.126. The van der Waals surface area contributed by atoms with Gasteiger partial charge in [0.25, 0.3) is 0 Å². The maximum absolute atomic E-state index is 16.2. The molecule has 1 aliphatic heterocycles. The molecular weight excluding hydrogens is 608 g/mol. The SMILES string of the molecule is [C-]#[N+]/C=C/C1CN(C(=O)C=C)CCN1c1nc(=O)n(-c2c(C)ccnc2CC(C)C)c2nc(-c3c(F)cccc3SC)c(F)cc12. The van der Waals surface area contributed by atoms with E-state index in [2.05, 4.69) is 21.4 Å². The maximum atomic E-state index is 16.2. The molecule has 9 nitrogen and oxygen atoms in total. The van der Waals surface area contributed by atoms with Gasteiger partial charge in [0, 0.05) is 30.7 Å². The summed E-state index contributed by atoms with van der Waals surface area (Å²) in [6.07, 6.45) is 8.10. The molecule has 0 radical (unpaired) electrons. The first-order valence-corrected chi connectivity index (χ1v) is 15.9. The number of pyridine rings is 2. The first kappa shape index (κ1) is 32.5. The van der Waals surface area contributed by atoms with Gasteiger partial charge in [-0.25, -0.2) is 28.0 Å². The zero-order valence-corrected chi connectivity index (χ0v) is 26.8. The third-order valence-corrected chi connectivity index (χ3v) is 8.60. The van der Waals surface area contributed by atoms with Crippen LogP contribution >= 0.6 is 11.8 Å². The number of amides is 1. The molecule has 5 rings (SSSR count). The molecule has 1 unspecified atom stereocenters. The zero-order chi connectivity index (χ0) is 33.1.